The molecule has 7 heteroatoms. The van der Waals surface area contributed by atoms with Crippen LogP contribution in [0.4, 0.5) is 5.69 Å². The molecule has 1 aliphatic rings. The van der Waals surface area contributed by atoms with Gasteiger partial charge in [-0.25, -0.2) is 0 Å². The predicted molar refractivity (Wildman–Crippen MR) is 102 cm³/mol. The van der Waals surface area contributed by atoms with Crippen LogP contribution in [0.3, 0.4) is 0 Å². The molecule has 1 atom stereocenters. The number of carbonyl (C=O) groups excluding carboxylic acids is 2. The van der Waals surface area contributed by atoms with Gasteiger partial charge in [0.2, 0.25) is 0 Å². The molecule has 0 unspecified atom stereocenters. The second kappa shape index (κ2) is 8.54. The molecule has 1 heterocycles. The van der Waals surface area contributed by atoms with Gasteiger partial charge in [-0.3, -0.25) is 9.59 Å². The summed E-state index contributed by atoms with van der Waals surface area (Å²) in [6.07, 6.45) is 2.10. The number of rotatable bonds is 5. The van der Waals surface area contributed by atoms with Gasteiger partial charge in [-0.2, -0.15) is 0 Å². The molecule has 0 saturated carbocycles. The zero-order valence-electron chi connectivity index (χ0n) is 13.9. The van der Waals surface area contributed by atoms with Crippen molar-refractivity contribution in [3.8, 4) is 0 Å². The van der Waals surface area contributed by atoms with Crippen LogP contribution < -0.4 is 10.6 Å². The lowest BCUT2D eigenvalue weighted by molar-refractivity contribution is 0.0857. The normalized spacial score (nSPS) is 16.3. The molecule has 2 aromatic rings. The van der Waals surface area contributed by atoms with Crippen LogP contribution in [-0.4, -0.2) is 31.1 Å². The Balaban J connectivity index is 1.58. The van der Waals surface area contributed by atoms with E-state index in [9.17, 15) is 9.59 Å². The second-order valence-electron chi connectivity index (χ2n) is 6.00. The van der Waals surface area contributed by atoms with Crippen molar-refractivity contribution < 1.29 is 14.3 Å². The highest BCUT2D eigenvalue weighted by Crippen LogP contribution is 2.22. The molecule has 136 valence electrons. The number of halogens is 2. The lowest BCUT2D eigenvalue weighted by Gasteiger charge is -2.11. The number of nitrogens with one attached hydrogen (secondary N) is 2. The number of hydrogen-bond acceptors (Lipinski definition) is 3. The number of amides is 2. The van der Waals surface area contributed by atoms with E-state index >= 15 is 0 Å². The van der Waals surface area contributed by atoms with Crippen LogP contribution in [0.2, 0.25) is 10.0 Å². The van der Waals surface area contributed by atoms with Gasteiger partial charge in [-0.15, -0.1) is 0 Å². The van der Waals surface area contributed by atoms with E-state index in [1.54, 1.807) is 36.4 Å². The van der Waals surface area contributed by atoms with Crippen LogP contribution in [-0.2, 0) is 4.74 Å². The Hall–Kier alpha value is -2.08. The summed E-state index contributed by atoms with van der Waals surface area (Å²) in [5, 5.41) is 6.34. The fourth-order valence-electron chi connectivity index (χ4n) is 2.69. The summed E-state index contributed by atoms with van der Waals surface area (Å²) in [5.41, 5.74) is 1.41. The first kappa shape index (κ1) is 18.7. The smallest absolute Gasteiger partial charge is 0.257 e. The molecule has 2 N–H and O–H groups in total. The van der Waals surface area contributed by atoms with Crippen molar-refractivity contribution in [2.45, 2.75) is 18.9 Å². The van der Waals surface area contributed by atoms with Crippen molar-refractivity contribution in [1.29, 1.82) is 0 Å². The Labute approximate surface area is 161 Å². The topological polar surface area (TPSA) is 67.4 Å². The molecular formula is C19H18Cl2N2O3. The van der Waals surface area contributed by atoms with Crippen molar-refractivity contribution in [2.24, 2.45) is 0 Å². The van der Waals surface area contributed by atoms with E-state index in [2.05, 4.69) is 10.6 Å². The van der Waals surface area contributed by atoms with Gasteiger partial charge in [0, 0.05) is 29.4 Å². The summed E-state index contributed by atoms with van der Waals surface area (Å²) >= 11 is 11.9. The molecule has 2 amide bonds. The Morgan fingerprint density at radius 2 is 1.85 bits per heavy atom. The molecule has 1 saturated heterocycles. The van der Waals surface area contributed by atoms with Gasteiger partial charge in [0.15, 0.2) is 0 Å². The largest absolute Gasteiger partial charge is 0.376 e. The van der Waals surface area contributed by atoms with Crippen LogP contribution in [0.1, 0.15) is 33.6 Å². The van der Waals surface area contributed by atoms with Gasteiger partial charge in [0.05, 0.1) is 16.7 Å². The summed E-state index contributed by atoms with van der Waals surface area (Å²) in [6.45, 7) is 1.26. The van der Waals surface area contributed by atoms with E-state index in [-0.39, 0.29) is 22.9 Å². The predicted octanol–water partition coefficient (Wildman–Crippen LogP) is 4.15. The van der Waals surface area contributed by atoms with E-state index in [1.807, 2.05) is 0 Å². The highest BCUT2D eigenvalue weighted by molar-refractivity contribution is 6.37. The Bertz CT molecular complexity index is 803. The van der Waals surface area contributed by atoms with Gasteiger partial charge in [0.25, 0.3) is 11.8 Å². The molecule has 1 fully saturated rings. The van der Waals surface area contributed by atoms with Crippen LogP contribution in [0.15, 0.2) is 42.5 Å². The van der Waals surface area contributed by atoms with Gasteiger partial charge in [-0.1, -0.05) is 23.2 Å². The maximum absolute atomic E-state index is 12.3. The summed E-state index contributed by atoms with van der Waals surface area (Å²) in [4.78, 5) is 24.4. The number of hydrogen-bond donors (Lipinski definition) is 2. The van der Waals surface area contributed by atoms with Crippen LogP contribution in [0, 0.1) is 0 Å². The molecule has 2 aromatic carbocycles. The van der Waals surface area contributed by atoms with Crippen molar-refractivity contribution >= 4 is 40.7 Å². The van der Waals surface area contributed by atoms with E-state index in [4.69, 9.17) is 27.9 Å². The minimum Gasteiger partial charge on any atom is -0.376 e. The Kier molecular flexibility index (Phi) is 6.14. The molecular weight excluding hydrogens is 375 g/mol. The number of benzene rings is 2. The highest BCUT2D eigenvalue weighted by Gasteiger charge is 2.17. The number of ether oxygens (including phenoxy) is 1. The summed E-state index contributed by atoms with van der Waals surface area (Å²) in [5.74, 6) is -0.513. The average molecular weight is 393 g/mol. The van der Waals surface area contributed by atoms with Crippen LogP contribution in [0.25, 0.3) is 0 Å². The molecule has 0 spiro atoms. The molecule has 26 heavy (non-hydrogen) atoms. The molecule has 0 aromatic heterocycles. The van der Waals surface area contributed by atoms with Crippen molar-refractivity contribution in [3.05, 3.63) is 63.6 Å². The average Bonchev–Trinajstić information content (AvgIpc) is 3.13. The van der Waals surface area contributed by atoms with Crippen molar-refractivity contribution in [2.75, 3.05) is 18.5 Å². The van der Waals surface area contributed by atoms with E-state index in [0.29, 0.717) is 28.4 Å². The van der Waals surface area contributed by atoms with Gasteiger partial charge in [0.1, 0.15) is 0 Å². The quantitative estimate of drug-likeness (QED) is 0.802. The fraction of sp³-hybridized carbons (Fsp3) is 0.263. The monoisotopic (exact) mass is 392 g/mol. The van der Waals surface area contributed by atoms with Crippen LogP contribution in [0.5, 0.6) is 0 Å². The Morgan fingerprint density at radius 3 is 2.50 bits per heavy atom. The van der Waals surface area contributed by atoms with Gasteiger partial charge in [-0.05, 0) is 55.3 Å². The zero-order valence-corrected chi connectivity index (χ0v) is 15.4. The number of carbonyl (C=O) groups is 2. The maximum Gasteiger partial charge on any atom is 0.257 e. The lowest BCUT2D eigenvalue weighted by Crippen LogP contribution is -2.31. The minimum atomic E-state index is -0.345. The first-order valence-corrected chi connectivity index (χ1v) is 9.05. The summed E-state index contributed by atoms with van der Waals surface area (Å²) < 4.78 is 5.48. The van der Waals surface area contributed by atoms with E-state index in [1.165, 1.54) is 6.07 Å². The molecule has 0 aliphatic carbocycles. The molecule has 0 bridgehead atoms. The summed E-state index contributed by atoms with van der Waals surface area (Å²) in [6, 6.07) is 11.3. The van der Waals surface area contributed by atoms with Crippen molar-refractivity contribution in [3.63, 3.8) is 0 Å². The van der Waals surface area contributed by atoms with Crippen molar-refractivity contribution in [1.82, 2.24) is 5.32 Å². The summed E-state index contributed by atoms with van der Waals surface area (Å²) in [7, 11) is 0. The third-order valence-corrected chi connectivity index (χ3v) is 4.64. The van der Waals surface area contributed by atoms with E-state index in [0.717, 1.165) is 19.4 Å². The van der Waals surface area contributed by atoms with Gasteiger partial charge < -0.3 is 15.4 Å². The van der Waals surface area contributed by atoms with Crippen LogP contribution >= 0.6 is 23.2 Å². The van der Waals surface area contributed by atoms with E-state index < -0.39 is 0 Å². The molecule has 1 aliphatic heterocycles. The molecule has 5 nitrogen and oxygen atoms in total. The maximum atomic E-state index is 12.3. The standard InChI is InChI=1S/C19H18Cl2N2O3/c20-13-5-8-16(17(21)10-13)19(25)23-14-6-3-12(4-7-14)18(24)22-11-15-2-1-9-26-15/h3-8,10,15H,1-2,9,11H2,(H,22,24)(H,23,25)/t15-/m1/s1. The third kappa shape index (κ3) is 4.75. The lowest BCUT2D eigenvalue weighted by atomic mass is 10.1. The minimum absolute atomic E-state index is 0.0987. The fourth-order valence-corrected chi connectivity index (χ4v) is 3.19. The third-order valence-electron chi connectivity index (χ3n) is 4.09. The van der Waals surface area contributed by atoms with Gasteiger partial charge >= 0.3 is 0 Å². The first-order chi connectivity index (χ1) is 12.5. The SMILES string of the molecule is O=C(NC[C@H]1CCCO1)c1ccc(NC(=O)c2ccc(Cl)cc2Cl)cc1. The highest BCUT2D eigenvalue weighted by atomic mass is 35.5. The molecule has 3 rings (SSSR count). The zero-order chi connectivity index (χ0) is 18.5. The number of anilines is 1. The Morgan fingerprint density at radius 1 is 1.08 bits per heavy atom. The second-order valence-corrected chi connectivity index (χ2v) is 6.84. The molecule has 0 radical (unpaired) electrons. The first-order valence-electron chi connectivity index (χ1n) is 8.29.